The molecule has 3 rings (SSSR count). The van der Waals surface area contributed by atoms with Gasteiger partial charge in [-0.3, -0.25) is 0 Å². The molecule has 12 nitrogen and oxygen atoms in total. The summed E-state index contributed by atoms with van der Waals surface area (Å²) in [5, 5.41) is 27.7. The number of nitrogen functional groups attached to an aromatic ring is 2. The van der Waals surface area contributed by atoms with Crippen LogP contribution in [0.25, 0.3) is 0 Å². The van der Waals surface area contributed by atoms with E-state index in [0.717, 1.165) is 73.1 Å². The van der Waals surface area contributed by atoms with Gasteiger partial charge in [-0.05, 0) is 73.2 Å². The molecule has 0 radical (unpaired) electrons. The maximum Gasteiger partial charge on any atom is 0.335 e. The van der Waals surface area contributed by atoms with E-state index in [0.29, 0.717) is 16.8 Å². The van der Waals surface area contributed by atoms with Crippen LogP contribution >= 0.6 is 0 Å². The van der Waals surface area contributed by atoms with Crippen LogP contribution in [0.5, 0.6) is 0 Å². The summed E-state index contributed by atoms with van der Waals surface area (Å²) < 4.78 is 10.3. The molecule has 1 aromatic heterocycles. The molecule has 0 atom stereocenters. The summed E-state index contributed by atoms with van der Waals surface area (Å²) in [6.45, 7) is 5.01. The van der Waals surface area contributed by atoms with Gasteiger partial charge in [-0.1, -0.05) is 63.1 Å². The summed E-state index contributed by atoms with van der Waals surface area (Å²) in [5.41, 5.74) is 18.8. The van der Waals surface area contributed by atoms with Crippen molar-refractivity contribution in [2.75, 3.05) is 18.0 Å². The minimum atomic E-state index is -0.827. The van der Waals surface area contributed by atoms with E-state index >= 15 is 0 Å². The number of anilines is 2. The Kier molecular flexibility index (Phi) is 24.1. The molecule has 0 saturated heterocycles. The number of hydrogen-bond donors (Lipinski definition) is 5. The Morgan fingerprint density at radius 2 is 1.40 bits per heavy atom. The van der Waals surface area contributed by atoms with Crippen molar-refractivity contribution in [3.63, 3.8) is 0 Å². The highest BCUT2D eigenvalue weighted by Crippen LogP contribution is 2.12. The normalized spacial score (nSPS) is 10.4. The predicted molar refractivity (Wildman–Crippen MR) is 180 cm³/mol. The van der Waals surface area contributed by atoms with Gasteiger partial charge in [0.15, 0.2) is 5.82 Å². The molecule has 2 aromatic carbocycles. The maximum absolute atomic E-state index is 10.8. The first kappa shape index (κ1) is 39.5. The number of carbonyl (C=O) groups is 2. The molecule has 1 heterocycles. The number of unbranched alkanes of at least 4 members (excludes halogenated alkanes) is 2. The van der Waals surface area contributed by atoms with Crippen molar-refractivity contribution in [1.29, 1.82) is 0 Å². The van der Waals surface area contributed by atoms with Crippen LogP contribution in [-0.4, -0.2) is 74.4 Å². The summed E-state index contributed by atoms with van der Waals surface area (Å²) in [7, 11) is 0.0872. The van der Waals surface area contributed by atoms with Gasteiger partial charge in [0.2, 0.25) is 0 Å². The fraction of sp³-hybridized carbons (Fsp3) is 0.393. The van der Waals surface area contributed by atoms with Crippen LogP contribution in [0.3, 0.4) is 0 Å². The summed E-state index contributed by atoms with van der Waals surface area (Å²) >= 11 is 0. The zero-order chi connectivity index (χ0) is 32.3. The van der Waals surface area contributed by atoms with E-state index in [-0.39, 0.29) is 15.6 Å². The number of nitrogens with zero attached hydrogens (tertiary/aromatic N) is 3. The van der Waals surface area contributed by atoms with Gasteiger partial charge in [-0.2, -0.15) is 0 Å². The molecule has 0 unspecified atom stereocenters. The first-order chi connectivity index (χ1) is 20.7. The molecule has 0 bridgehead atoms. The van der Waals surface area contributed by atoms with Crippen LogP contribution < -0.4 is 17.2 Å². The zero-order valence-electron chi connectivity index (χ0n) is 25.6. The van der Waals surface area contributed by atoms with Crippen LogP contribution in [0, 0.1) is 0 Å². The molecule has 0 amide bonds. The van der Waals surface area contributed by atoms with Gasteiger partial charge < -0.3 is 35.6 Å². The molecule has 0 saturated carbocycles. The summed E-state index contributed by atoms with van der Waals surface area (Å²) in [6, 6.07) is 15.6. The zero-order valence-corrected chi connectivity index (χ0v) is 30.4. The molecule has 15 heteroatoms. The fourth-order valence-corrected chi connectivity index (χ4v) is 7.35. The molecule has 0 aliphatic heterocycles. The van der Waals surface area contributed by atoms with Crippen molar-refractivity contribution in [3.8, 4) is 0 Å². The Morgan fingerprint density at radius 1 is 0.884 bits per heavy atom. The van der Waals surface area contributed by atoms with E-state index in [4.69, 9.17) is 35.6 Å². The van der Waals surface area contributed by atoms with Gasteiger partial charge in [0.25, 0.3) is 10.0 Å². The van der Waals surface area contributed by atoms with Crippen molar-refractivity contribution in [1.82, 2.24) is 15.4 Å². The fourth-order valence-electron chi connectivity index (χ4n) is 3.40. The lowest BCUT2D eigenvalue weighted by Crippen LogP contribution is -2.08. The monoisotopic (exact) mass is 648 g/mol. The quantitative estimate of drug-likeness (QED) is 0.125. The number of carboxylic acids is 2. The van der Waals surface area contributed by atoms with E-state index in [1.807, 2.05) is 24.3 Å². The van der Waals surface area contributed by atoms with Crippen LogP contribution in [-0.2, 0) is 21.1 Å². The van der Waals surface area contributed by atoms with Gasteiger partial charge in [-0.25, -0.2) is 9.59 Å². The highest BCUT2D eigenvalue weighted by Gasteiger charge is 2.08. The topological polar surface area (TPSA) is 210 Å². The second-order valence-electron chi connectivity index (χ2n) is 9.22. The Morgan fingerprint density at radius 3 is 1.77 bits per heavy atom. The molecule has 0 aliphatic carbocycles. The van der Waals surface area contributed by atoms with Crippen molar-refractivity contribution in [2.45, 2.75) is 64.8 Å². The van der Waals surface area contributed by atoms with Crippen molar-refractivity contribution >= 4 is 53.7 Å². The smallest absolute Gasteiger partial charge is 0.335 e. The van der Waals surface area contributed by atoms with Crippen LogP contribution in [0.4, 0.5) is 11.5 Å². The van der Waals surface area contributed by atoms with Crippen LogP contribution in [0.2, 0.25) is 6.04 Å². The van der Waals surface area contributed by atoms with Crippen LogP contribution in [0.1, 0.15) is 77.8 Å². The third-order valence-corrected chi connectivity index (χ3v) is 9.29. The Balaban J connectivity index is 0.000000559. The number of carboxylic acid groups (broad SMARTS) is 2. The number of benzene rings is 2. The molecular formula is C28H48N6O6Si3. The second-order valence-corrected chi connectivity index (χ2v) is 14.5. The summed E-state index contributed by atoms with van der Waals surface area (Å²) in [5.74, 6) is -1.43. The van der Waals surface area contributed by atoms with E-state index in [9.17, 15) is 9.59 Å². The average molecular weight is 649 g/mol. The largest absolute Gasteiger partial charge is 0.478 e. The van der Waals surface area contributed by atoms with Crippen molar-refractivity contribution in [2.24, 2.45) is 5.73 Å². The number of nitrogens with two attached hydrogens (primary N) is 3. The summed E-state index contributed by atoms with van der Waals surface area (Å²) in [4.78, 5) is 21.6. The molecule has 238 valence electrons. The molecule has 0 fully saturated rings. The highest BCUT2D eigenvalue weighted by atomic mass is 28.3. The lowest BCUT2D eigenvalue weighted by Gasteiger charge is -2.03. The lowest BCUT2D eigenvalue weighted by molar-refractivity contribution is 0.0684. The first-order valence-electron chi connectivity index (χ1n) is 14.3. The predicted octanol–water partition coefficient (Wildman–Crippen LogP) is 1.64. The number of aryl methyl sites for hydroxylation is 2. The van der Waals surface area contributed by atoms with Gasteiger partial charge in [0, 0.05) is 0 Å². The number of hydrogen-bond acceptors (Lipinski definition) is 10. The van der Waals surface area contributed by atoms with Crippen molar-refractivity contribution < 1.29 is 28.0 Å². The molecule has 0 spiro atoms. The molecule has 0 aliphatic rings. The van der Waals surface area contributed by atoms with Gasteiger partial charge in [-0.15, -0.1) is 10.2 Å². The Bertz CT molecular complexity index is 1090. The molecule has 43 heavy (non-hydrogen) atoms. The standard InChI is InChI=1S/2C11H14O2.C3H5N5.C3H15NO2Si3/c2*1-2-3-6-9-7-4-5-8-10(9)11(12)13;4-2-1-6-8-7-3(2)5;4-2-1-3-8-6-9-5-7/h2*4-5,7-8H,2-3,6H2,1H3,(H,12,13);1H,(H2,4,8)(H2,5,6,7);1-4,8-9H2,7H3. The Hall–Kier alpha value is -3.48. The highest BCUT2D eigenvalue weighted by molar-refractivity contribution is 6.41. The minimum absolute atomic E-state index is 0.222. The van der Waals surface area contributed by atoms with Gasteiger partial charge in [0.1, 0.15) is 20.2 Å². The third kappa shape index (κ3) is 19.4. The number of rotatable bonds is 14. The maximum atomic E-state index is 10.8. The van der Waals surface area contributed by atoms with E-state index < -0.39 is 21.9 Å². The second kappa shape index (κ2) is 26.2. The minimum Gasteiger partial charge on any atom is -0.478 e. The average Bonchev–Trinajstić information content (AvgIpc) is 3.01. The Labute approximate surface area is 262 Å². The van der Waals surface area contributed by atoms with E-state index in [1.54, 1.807) is 24.3 Å². The van der Waals surface area contributed by atoms with E-state index in [1.165, 1.54) is 12.2 Å². The van der Waals surface area contributed by atoms with E-state index in [2.05, 4.69) is 29.3 Å². The van der Waals surface area contributed by atoms with Gasteiger partial charge in [0.05, 0.1) is 23.0 Å². The number of aromatic nitrogens is 3. The van der Waals surface area contributed by atoms with Gasteiger partial charge >= 0.3 is 11.9 Å². The first-order valence-corrected chi connectivity index (χ1v) is 17.9. The van der Waals surface area contributed by atoms with Crippen LogP contribution in [0.15, 0.2) is 54.7 Å². The summed E-state index contributed by atoms with van der Waals surface area (Å²) in [6.07, 6.45) is 8.47. The molecule has 3 aromatic rings. The number of aromatic carboxylic acids is 2. The third-order valence-electron chi connectivity index (χ3n) is 5.74. The van der Waals surface area contributed by atoms with Crippen molar-refractivity contribution in [3.05, 3.63) is 77.0 Å². The molecular weight excluding hydrogens is 601 g/mol. The SMILES string of the molecule is CCCCc1ccccc1C(=O)O.CCCCc1ccccc1C(=O)O.NCCC[SiH2]O[SiH2]O[SiH3].Nc1cnnnc1N. The lowest BCUT2D eigenvalue weighted by atomic mass is 10.0. The molecule has 8 N–H and O–H groups in total.